The van der Waals surface area contributed by atoms with Crippen LogP contribution < -0.4 is 0 Å². The van der Waals surface area contributed by atoms with Crippen LogP contribution in [0.15, 0.2) is 34.4 Å². The number of benzene rings is 1. The van der Waals surface area contributed by atoms with Gasteiger partial charge in [0.25, 0.3) is 0 Å². The maximum atomic E-state index is 12.5. The molecule has 3 heteroatoms. The van der Waals surface area contributed by atoms with Crippen LogP contribution in [0.25, 0.3) is 0 Å². The average molecular weight is 456 g/mol. The first-order valence-corrected chi connectivity index (χ1v) is 17.6. The number of hydrogen-bond acceptors (Lipinski definition) is 1. The Morgan fingerprint density at radius 2 is 1.38 bits per heavy atom. The van der Waals surface area contributed by atoms with Gasteiger partial charge in [0.2, 0.25) is 0 Å². The van der Waals surface area contributed by atoms with Crippen molar-refractivity contribution in [1.29, 1.82) is 0 Å². The zero-order valence-electron chi connectivity index (χ0n) is 15.6. The van der Waals surface area contributed by atoms with E-state index in [1.807, 2.05) is 18.2 Å². The third kappa shape index (κ3) is 7.73. The number of carbonyl (C=O) groups excluding carboxylic acids is 1. The Hall–Kier alpha value is -0.281. The third-order valence-corrected chi connectivity index (χ3v) is 19.1. The summed E-state index contributed by atoms with van der Waals surface area (Å²) in [6.45, 7) is 6.83. The van der Waals surface area contributed by atoms with Crippen LogP contribution in [0.2, 0.25) is 18.3 Å². The fraction of sp³-hybridized carbons (Fsp3) is 0.571. The van der Waals surface area contributed by atoms with E-state index in [-0.39, 0.29) is 5.78 Å². The molecule has 0 amide bonds. The summed E-state index contributed by atoms with van der Waals surface area (Å²) in [6, 6.07) is 7.25. The van der Waals surface area contributed by atoms with Gasteiger partial charge >= 0.3 is 158 Å². The van der Waals surface area contributed by atoms with Crippen molar-refractivity contribution < 1.29 is 4.79 Å². The van der Waals surface area contributed by atoms with Gasteiger partial charge in [-0.05, 0) is 0 Å². The summed E-state index contributed by atoms with van der Waals surface area (Å²) in [7, 11) is 0. The monoisotopic (exact) mass is 456 g/mol. The first-order valence-electron chi connectivity index (χ1n) is 9.56. The summed E-state index contributed by atoms with van der Waals surface area (Å²) in [5.74, 6) is 0.136. The van der Waals surface area contributed by atoms with Crippen LogP contribution in [0.1, 0.15) is 69.7 Å². The minimum atomic E-state index is -2.35. The van der Waals surface area contributed by atoms with Crippen LogP contribution in [-0.4, -0.2) is 24.2 Å². The number of ketones is 1. The molecular formula is C21H33ClOSn. The molecule has 1 aromatic rings. The van der Waals surface area contributed by atoms with Crippen molar-refractivity contribution in [1.82, 2.24) is 0 Å². The number of unbranched alkanes of at least 4 members (excludes halogenated alkanes) is 3. The van der Waals surface area contributed by atoms with Crippen molar-refractivity contribution in [3.8, 4) is 0 Å². The summed E-state index contributed by atoms with van der Waals surface area (Å²) in [6.07, 6.45) is 9.65. The van der Waals surface area contributed by atoms with E-state index < -0.39 is 18.4 Å². The van der Waals surface area contributed by atoms with E-state index >= 15 is 0 Å². The van der Waals surface area contributed by atoms with Crippen molar-refractivity contribution in [2.24, 2.45) is 0 Å². The topological polar surface area (TPSA) is 17.1 Å². The normalized spacial score (nSPS) is 12.0. The van der Waals surface area contributed by atoms with E-state index in [0.29, 0.717) is 5.02 Å². The number of carbonyl (C=O) groups is 1. The molecule has 0 aliphatic heterocycles. The van der Waals surface area contributed by atoms with Gasteiger partial charge in [-0.2, -0.15) is 0 Å². The van der Waals surface area contributed by atoms with Crippen molar-refractivity contribution in [3.05, 3.63) is 45.0 Å². The van der Waals surface area contributed by atoms with E-state index in [1.54, 1.807) is 12.1 Å². The first-order chi connectivity index (χ1) is 11.6. The Labute approximate surface area is 157 Å². The molecule has 1 nitrogen and oxygen atoms in total. The standard InChI is InChI=1S/C9H6ClO.3C4H9.Sn/c1-2-9(11)7-3-5-8(10)6-4-7;3*1-3-4-2;/h1-6H;3*1,3-4H2,2H3;. The molecule has 0 fully saturated rings. The number of halogens is 1. The van der Waals surface area contributed by atoms with E-state index in [0.717, 1.165) is 5.56 Å². The van der Waals surface area contributed by atoms with E-state index in [4.69, 9.17) is 11.6 Å². The van der Waals surface area contributed by atoms with Gasteiger partial charge in [0.05, 0.1) is 0 Å². The van der Waals surface area contributed by atoms with Gasteiger partial charge in [0, 0.05) is 0 Å². The maximum absolute atomic E-state index is 12.5. The Morgan fingerprint density at radius 3 is 1.79 bits per heavy atom. The quantitative estimate of drug-likeness (QED) is 0.181. The number of rotatable bonds is 12. The molecule has 0 aliphatic rings. The second-order valence-corrected chi connectivity index (χ2v) is 20.3. The van der Waals surface area contributed by atoms with Crippen LogP contribution in [0, 0.1) is 0 Å². The zero-order chi connectivity index (χ0) is 17.8. The average Bonchev–Trinajstić information content (AvgIpc) is 2.61. The Balaban J connectivity index is 2.93. The number of allylic oxidation sites excluding steroid dienone is 1. The molecule has 0 spiro atoms. The van der Waals surface area contributed by atoms with Crippen LogP contribution in [0.4, 0.5) is 0 Å². The molecule has 0 aliphatic carbocycles. The third-order valence-electron chi connectivity index (χ3n) is 4.80. The molecule has 0 heterocycles. The van der Waals surface area contributed by atoms with Crippen molar-refractivity contribution in [3.63, 3.8) is 0 Å². The molecule has 0 unspecified atom stereocenters. The Bertz CT molecular complexity index is 485. The molecule has 0 radical (unpaired) electrons. The second-order valence-electron chi connectivity index (χ2n) is 6.88. The van der Waals surface area contributed by atoms with E-state index in [2.05, 4.69) is 24.9 Å². The van der Waals surface area contributed by atoms with E-state index in [1.165, 1.54) is 51.8 Å². The fourth-order valence-electron chi connectivity index (χ4n) is 3.17. The predicted molar refractivity (Wildman–Crippen MR) is 110 cm³/mol. The fourth-order valence-corrected chi connectivity index (χ4v) is 17.4. The number of hydrogen-bond donors (Lipinski definition) is 0. The molecular weight excluding hydrogens is 422 g/mol. The van der Waals surface area contributed by atoms with Crippen LogP contribution in [0.5, 0.6) is 0 Å². The van der Waals surface area contributed by atoms with E-state index in [9.17, 15) is 4.79 Å². The Morgan fingerprint density at radius 1 is 0.917 bits per heavy atom. The summed E-state index contributed by atoms with van der Waals surface area (Å²) < 4.78 is 6.63. The SMILES string of the molecule is CCC[CH2][Sn]([CH]=CC(=O)c1ccc(Cl)cc1)([CH2]CCC)[CH2]CCC. The minimum absolute atomic E-state index is 0.136. The van der Waals surface area contributed by atoms with Gasteiger partial charge in [-0.1, -0.05) is 0 Å². The molecule has 0 N–H and O–H groups in total. The zero-order valence-corrected chi connectivity index (χ0v) is 19.2. The summed E-state index contributed by atoms with van der Waals surface area (Å²) in [5.41, 5.74) is 0.748. The van der Waals surface area contributed by atoms with Gasteiger partial charge < -0.3 is 0 Å². The van der Waals surface area contributed by atoms with Crippen molar-refractivity contribution in [2.45, 2.75) is 72.6 Å². The van der Waals surface area contributed by atoms with Crippen molar-refractivity contribution in [2.75, 3.05) is 0 Å². The summed E-state index contributed by atoms with van der Waals surface area (Å²) in [4.78, 5) is 12.5. The van der Waals surface area contributed by atoms with Crippen molar-refractivity contribution >= 4 is 35.8 Å². The molecule has 1 aromatic carbocycles. The molecule has 1 rings (SSSR count). The van der Waals surface area contributed by atoms with Gasteiger partial charge in [0.15, 0.2) is 0 Å². The van der Waals surface area contributed by atoms with Gasteiger partial charge in [-0.25, -0.2) is 0 Å². The molecule has 24 heavy (non-hydrogen) atoms. The molecule has 0 aromatic heterocycles. The van der Waals surface area contributed by atoms with Crippen LogP contribution in [-0.2, 0) is 0 Å². The van der Waals surface area contributed by atoms with Gasteiger partial charge in [0.1, 0.15) is 0 Å². The Kier molecular flexibility index (Phi) is 11.0. The molecule has 0 bridgehead atoms. The molecule has 134 valence electrons. The second kappa shape index (κ2) is 12.1. The predicted octanol–water partition coefficient (Wildman–Crippen LogP) is 7.47. The summed E-state index contributed by atoms with van der Waals surface area (Å²) >= 11 is 3.57. The molecule has 0 saturated heterocycles. The van der Waals surface area contributed by atoms with Gasteiger partial charge in [-0.3, -0.25) is 0 Å². The molecule has 0 atom stereocenters. The van der Waals surface area contributed by atoms with Gasteiger partial charge in [-0.15, -0.1) is 0 Å². The first kappa shape index (κ1) is 21.8. The van der Waals surface area contributed by atoms with Crippen LogP contribution >= 0.6 is 11.6 Å². The summed E-state index contributed by atoms with van der Waals surface area (Å²) in [5, 5.41) is 0.679. The molecule has 0 saturated carbocycles. The van der Waals surface area contributed by atoms with Crippen LogP contribution in [0.3, 0.4) is 0 Å².